The third kappa shape index (κ3) is 8.45. The molecular weight excluding hydrogens is 352 g/mol. The van der Waals surface area contributed by atoms with Crippen molar-refractivity contribution in [2.45, 2.75) is 104 Å². The number of hydrogen-bond donors (Lipinski definition) is 2. The largest absolute Gasteiger partial charge is 0.478 e. The average Bonchev–Trinajstić information content (AvgIpc) is 2.66. The van der Waals surface area contributed by atoms with Gasteiger partial charge in [0.15, 0.2) is 0 Å². The SMILES string of the molecule is CCCCCCCCCc1c(CCCCCCC)ccc(C(=O)O)c1C(=O)O. The molecule has 4 nitrogen and oxygen atoms in total. The van der Waals surface area contributed by atoms with Gasteiger partial charge in [0.2, 0.25) is 0 Å². The van der Waals surface area contributed by atoms with Crippen LogP contribution in [0.2, 0.25) is 0 Å². The van der Waals surface area contributed by atoms with Crippen LogP contribution < -0.4 is 0 Å². The molecule has 1 aromatic carbocycles. The molecule has 0 aliphatic carbocycles. The lowest BCUT2D eigenvalue weighted by molar-refractivity contribution is 0.0650. The molecule has 2 N–H and O–H groups in total. The molecule has 4 heteroatoms. The molecule has 1 aromatic rings. The van der Waals surface area contributed by atoms with E-state index in [1.165, 1.54) is 51.0 Å². The second-order valence-electron chi connectivity index (χ2n) is 7.77. The van der Waals surface area contributed by atoms with E-state index in [2.05, 4.69) is 13.8 Å². The van der Waals surface area contributed by atoms with Gasteiger partial charge in [-0.15, -0.1) is 0 Å². The Bertz CT molecular complexity index is 607. The monoisotopic (exact) mass is 390 g/mol. The summed E-state index contributed by atoms with van der Waals surface area (Å²) < 4.78 is 0. The predicted molar refractivity (Wildman–Crippen MR) is 115 cm³/mol. The minimum Gasteiger partial charge on any atom is -0.478 e. The Morgan fingerprint density at radius 3 is 1.68 bits per heavy atom. The normalized spacial score (nSPS) is 10.9. The van der Waals surface area contributed by atoms with E-state index in [9.17, 15) is 19.8 Å². The van der Waals surface area contributed by atoms with Crippen molar-refractivity contribution in [3.63, 3.8) is 0 Å². The number of unbranched alkanes of at least 4 members (excludes halogenated alkanes) is 10. The summed E-state index contributed by atoms with van der Waals surface area (Å²) in [6.45, 7) is 4.39. The molecule has 0 atom stereocenters. The standard InChI is InChI=1S/C24H38O4/c1-3-5-7-9-10-12-14-16-20-19(15-13-11-8-6-4-2)17-18-21(23(25)26)22(20)24(27)28/h17-18H,3-16H2,1-2H3,(H,25,26)(H,27,28). The Hall–Kier alpha value is -1.84. The number of carboxylic acid groups (broad SMARTS) is 2. The molecule has 0 heterocycles. The van der Waals surface area contributed by atoms with E-state index in [4.69, 9.17) is 0 Å². The van der Waals surface area contributed by atoms with E-state index >= 15 is 0 Å². The highest BCUT2D eigenvalue weighted by Gasteiger charge is 2.22. The van der Waals surface area contributed by atoms with Gasteiger partial charge in [0, 0.05) is 0 Å². The summed E-state index contributed by atoms with van der Waals surface area (Å²) in [7, 11) is 0. The number of hydrogen-bond acceptors (Lipinski definition) is 2. The number of benzene rings is 1. The average molecular weight is 391 g/mol. The third-order valence-electron chi connectivity index (χ3n) is 5.43. The third-order valence-corrected chi connectivity index (χ3v) is 5.43. The van der Waals surface area contributed by atoms with E-state index in [1.54, 1.807) is 0 Å². The van der Waals surface area contributed by atoms with Crippen LogP contribution in [0.3, 0.4) is 0 Å². The Balaban J connectivity index is 2.84. The van der Waals surface area contributed by atoms with Crippen molar-refractivity contribution < 1.29 is 19.8 Å². The summed E-state index contributed by atoms with van der Waals surface area (Å²) in [5.74, 6) is -2.28. The van der Waals surface area contributed by atoms with Crippen LogP contribution in [0.25, 0.3) is 0 Å². The highest BCUT2D eigenvalue weighted by molar-refractivity contribution is 6.03. The maximum atomic E-state index is 11.9. The number of aromatic carboxylic acids is 2. The Kier molecular flexibility index (Phi) is 12.3. The first-order valence-corrected chi connectivity index (χ1v) is 11.1. The molecule has 0 bridgehead atoms. The van der Waals surface area contributed by atoms with Crippen molar-refractivity contribution in [3.05, 3.63) is 34.4 Å². The molecule has 0 amide bonds. The van der Waals surface area contributed by atoms with Gasteiger partial charge in [0.1, 0.15) is 0 Å². The second kappa shape index (κ2) is 14.2. The van der Waals surface area contributed by atoms with Crippen molar-refractivity contribution in [3.8, 4) is 0 Å². The van der Waals surface area contributed by atoms with Crippen molar-refractivity contribution in [1.29, 1.82) is 0 Å². The van der Waals surface area contributed by atoms with Gasteiger partial charge in [0.25, 0.3) is 0 Å². The summed E-state index contributed by atoms with van der Waals surface area (Å²) in [6.07, 6.45) is 15.4. The smallest absolute Gasteiger partial charge is 0.336 e. The molecule has 0 saturated heterocycles. The zero-order valence-electron chi connectivity index (χ0n) is 17.8. The maximum absolute atomic E-state index is 11.9. The van der Waals surface area contributed by atoms with Gasteiger partial charge < -0.3 is 10.2 Å². The predicted octanol–water partition coefficient (Wildman–Crippen LogP) is 6.89. The Morgan fingerprint density at radius 2 is 1.18 bits per heavy atom. The van der Waals surface area contributed by atoms with Gasteiger partial charge in [0.05, 0.1) is 11.1 Å². The van der Waals surface area contributed by atoms with Crippen LogP contribution in [0.5, 0.6) is 0 Å². The van der Waals surface area contributed by atoms with Gasteiger partial charge in [-0.3, -0.25) is 0 Å². The molecule has 1 rings (SSSR count). The lowest BCUT2D eigenvalue weighted by atomic mass is 9.89. The van der Waals surface area contributed by atoms with Gasteiger partial charge >= 0.3 is 11.9 Å². The highest BCUT2D eigenvalue weighted by Crippen LogP contribution is 2.25. The molecule has 0 aromatic heterocycles. The van der Waals surface area contributed by atoms with Crippen LogP contribution in [0.15, 0.2) is 12.1 Å². The lowest BCUT2D eigenvalue weighted by Crippen LogP contribution is -2.14. The molecule has 0 aliphatic rings. The molecule has 0 aliphatic heterocycles. The Morgan fingerprint density at radius 1 is 0.679 bits per heavy atom. The van der Waals surface area contributed by atoms with Crippen LogP contribution in [-0.4, -0.2) is 22.2 Å². The fourth-order valence-electron chi connectivity index (χ4n) is 3.81. The quantitative estimate of drug-likeness (QED) is 0.301. The van der Waals surface area contributed by atoms with Gasteiger partial charge in [-0.2, -0.15) is 0 Å². The lowest BCUT2D eigenvalue weighted by Gasteiger charge is -2.15. The summed E-state index contributed by atoms with van der Waals surface area (Å²) in [5, 5.41) is 19.1. The summed E-state index contributed by atoms with van der Waals surface area (Å²) >= 11 is 0. The minimum atomic E-state index is -1.16. The van der Waals surface area contributed by atoms with Crippen LogP contribution >= 0.6 is 0 Å². The fraction of sp³-hybridized carbons (Fsp3) is 0.667. The highest BCUT2D eigenvalue weighted by atomic mass is 16.4. The minimum absolute atomic E-state index is 0.00420. The van der Waals surface area contributed by atoms with E-state index in [-0.39, 0.29) is 11.1 Å². The summed E-state index contributed by atoms with van der Waals surface area (Å²) in [5.41, 5.74) is 1.69. The van der Waals surface area contributed by atoms with Crippen molar-refractivity contribution >= 4 is 11.9 Å². The molecule has 0 spiro atoms. The summed E-state index contributed by atoms with van der Waals surface area (Å²) in [4.78, 5) is 23.4. The Labute approximate surface area is 170 Å². The van der Waals surface area contributed by atoms with E-state index in [0.29, 0.717) is 6.42 Å². The first kappa shape index (κ1) is 24.2. The van der Waals surface area contributed by atoms with E-state index in [1.807, 2.05) is 6.07 Å². The van der Waals surface area contributed by atoms with Crippen LogP contribution in [0.4, 0.5) is 0 Å². The molecule has 0 unspecified atom stereocenters. The first-order valence-electron chi connectivity index (χ1n) is 11.1. The second-order valence-corrected chi connectivity index (χ2v) is 7.77. The maximum Gasteiger partial charge on any atom is 0.336 e. The van der Waals surface area contributed by atoms with Gasteiger partial charge in [-0.05, 0) is 42.9 Å². The molecule has 0 fully saturated rings. The van der Waals surface area contributed by atoms with Crippen molar-refractivity contribution in [2.75, 3.05) is 0 Å². The number of carboxylic acids is 2. The molecule has 0 radical (unpaired) electrons. The number of aryl methyl sites for hydroxylation is 1. The van der Waals surface area contributed by atoms with E-state index in [0.717, 1.165) is 49.7 Å². The zero-order chi connectivity index (χ0) is 20.8. The molecule has 28 heavy (non-hydrogen) atoms. The van der Waals surface area contributed by atoms with E-state index < -0.39 is 11.9 Å². The van der Waals surface area contributed by atoms with Crippen molar-refractivity contribution in [2.24, 2.45) is 0 Å². The number of rotatable bonds is 16. The van der Waals surface area contributed by atoms with Gasteiger partial charge in [-0.1, -0.05) is 84.1 Å². The zero-order valence-corrected chi connectivity index (χ0v) is 17.8. The van der Waals surface area contributed by atoms with Gasteiger partial charge in [-0.25, -0.2) is 9.59 Å². The molecule has 158 valence electrons. The van der Waals surface area contributed by atoms with Crippen LogP contribution in [-0.2, 0) is 12.8 Å². The topological polar surface area (TPSA) is 74.6 Å². The fourth-order valence-corrected chi connectivity index (χ4v) is 3.81. The van der Waals surface area contributed by atoms with Crippen molar-refractivity contribution in [1.82, 2.24) is 0 Å². The van der Waals surface area contributed by atoms with Crippen LogP contribution in [0.1, 0.15) is 123 Å². The summed E-state index contributed by atoms with van der Waals surface area (Å²) in [6, 6.07) is 3.31. The van der Waals surface area contributed by atoms with Crippen LogP contribution in [0, 0.1) is 0 Å². The molecule has 0 saturated carbocycles. The number of carbonyl (C=O) groups is 2. The molecular formula is C24H38O4. The first-order chi connectivity index (χ1) is 13.5.